The summed E-state index contributed by atoms with van der Waals surface area (Å²) in [6, 6.07) is 5.43. The molecule has 0 aliphatic carbocycles. The minimum Gasteiger partial charge on any atom is -0.377 e. The van der Waals surface area contributed by atoms with Crippen LogP contribution in [0.5, 0.6) is 0 Å². The minimum atomic E-state index is -0.190. The minimum absolute atomic E-state index is 0.190. The summed E-state index contributed by atoms with van der Waals surface area (Å²) in [7, 11) is 3.56. The van der Waals surface area contributed by atoms with Crippen LogP contribution < -0.4 is 5.56 Å². The van der Waals surface area contributed by atoms with Gasteiger partial charge in [0, 0.05) is 32.1 Å². The summed E-state index contributed by atoms with van der Waals surface area (Å²) in [5.74, 6) is 0. The van der Waals surface area contributed by atoms with E-state index in [-0.39, 0.29) is 5.56 Å². The molecule has 0 saturated carbocycles. The molecule has 0 radical (unpaired) electrons. The lowest BCUT2D eigenvalue weighted by Crippen LogP contribution is -2.14. The van der Waals surface area contributed by atoms with Gasteiger partial charge in [-0.3, -0.25) is 4.79 Å². The van der Waals surface area contributed by atoms with Crippen LogP contribution in [0.15, 0.2) is 29.2 Å². The molecule has 6 nitrogen and oxygen atoms in total. The van der Waals surface area contributed by atoms with E-state index in [4.69, 9.17) is 4.74 Å². The fourth-order valence-electron chi connectivity index (χ4n) is 1.95. The zero-order valence-electron chi connectivity index (χ0n) is 11.7. The molecule has 3 heterocycles. The summed E-state index contributed by atoms with van der Waals surface area (Å²) >= 11 is 1.35. The topological polar surface area (TPSA) is 61.4 Å². The van der Waals surface area contributed by atoms with Crippen molar-refractivity contribution in [1.29, 1.82) is 0 Å². The molecule has 0 aromatic carbocycles. The molecule has 0 fully saturated rings. The Morgan fingerprint density at radius 1 is 1.43 bits per heavy atom. The first kappa shape index (κ1) is 13.7. The molecule has 7 heteroatoms. The van der Waals surface area contributed by atoms with Crippen molar-refractivity contribution < 1.29 is 4.74 Å². The Hall–Kier alpha value is -2.25. The van der Waals surface area contributed by atoms with Crippen molar-refractivity contribution in [3.63, 3.8) is 0 Å². The smallest absolute Gasteiger partial charge is 0.275 e. The predicted octanol–water partition coefficient (Wildman–Crippen LogP) is 1.81. The molecular weight excluding hydrogens is 288 g/mol. The van der Waals surface area contributed by atoms with Gasteiger partial charge in [-0.2, -0.15) is 9.61 Å². The molecular formula is C14H14N4O2S. The van der Waals surface area contributed by atoms with Crippen LogP contribution in [0.2, 0.25) is 0 Å². The van der Waals surface area contributed by atoms with Crippen molar-refractivity contribution in [2.45, 2.75) is 6.61 Å². The Morgan fingerprint density at radius 3 is 3.00 bits per heavy atom. The highest BCUT2D eigenvalue weighted by Gasteiger charge is 2.07. The molecule has 0 N–H and O–H groups in total. The first-order chi connectivity index (χ1) is 10.2. The largest absolute Gasteiger partial charge is 0.377 e. The molecule has 0 bridgehead atoms. The van der Waals surface area contributed by atoms with Crippen LogP contribution in [0, 0.1) is 0 Å². The van der Waals surface area contributed by atoms with E-state index < -0.39 is 0 Å². The monoisotopic (exact) mass is 302 g/mol. The van der Waals surface area contributed by atoms with Crippen molar-refractivity contribution in [1.82, 2.24) is 19.2 Å². The molecule has 3 aromatic rings. The standard InChI is InChI=1S/C14H14N4O2S/c1-17-7-3-4-11(17)6-5-10-8-13(19)18-14(15-10)21-12(16-18)9-20-2/h3-8H,9H2,1-2H3. The van der Waals surface area contributed by atoms with Crippen molar-refractivity contribution in [2.24, 2.45) is 7.05 Å². The summed E-state index contributed by atoms with van der Waals surface area (Å²) in [5.41, 5.74) is 1.47. The lowest BCUT2D eigenvalue weighted by Gasteiger charge is -1.96. The van der Waals surface area contributed by atoms with Gasteiger partial charge in [-0.15, -0.1) is 0 Å². The van der Waals surface area contributed by atoms with E-state index in [1.165, 1.54) is 21.9 Å². The Bertz CT molecular complexity index is 859. The molecule has 3 rings (SSSR count). The summed E-state index contributed by atoms with van der Waals surface area (Å²) in [4.78, 5) is 17.0. The van der Waals surface area contributed by atoms with Gasteiger partial charge in [0.15, 0.2) is 0 Å². The fourth-order valence-corrected chi connectivity index (χ4v) is 2.83. The molecule has 0 amide bonds. The molecule has 0 spiro atoms. The molecule has 21 heavy (non-hydrogen) atoms. The van der Waals surface area contributed by atoms with Gasteiger partial charge in [0.1, 0.15) is 5.01 Å². The molecule has 0 unspecified atom stereocenters. The summed E-state index contributed by atoms with van der Waals surface area (Å²) in [6.07, 6.45) is 5.72. The van der Waals surface area contributed by atoms with Crippen LogP contribution in [0.3, 0.4) is 0 Å². The molecule has 0 atom stereocenters. The van der Waals surface area contributed by atoms with Gasteiger partial charge in [-0.05, 0) is 24.3 Å². The maximum Gasteiger partial charge on any atom is 0.275 e. The quantitative estimate of drug-likeness (QED) is 0.737. The second-order valence-electron chi connectivity index (χ2n) is 4.52. The maximum absolute atomic E-state index is 12.0. The number of aryl methyl sites for hydroxylation is 1. The van der Waals surface area contributed by atoms with Gasteiger partial charge in [-0.1, -0.05) is 11.3 Å². The predicted molar refractivity (Wildman–Crippen MR) is 82.2 cm³/mol. The van der Waals surface area contributed by atoms with Crippen LogP contribution in [0.25, 0.3) is 17.1 Å². The molecule has 3 aromatic heterocycles. The Morgan fingerprint density at radius 2 is 2.29 bits per heavy atom. The van der Waals surface area contributed by atoms with Crippen molar-refractivity contribution in [3.8, 4) is 0 Å². The first-order valence-corrected chi connectivity index (χ1v) is 7.17. The van der Waals surface area contributed by atoms with Gasteiger partial charge in [0.25, 0.3) is 5.56 Å². The first-order valence-electron chi connectivity index (χ1n) is 6.35. The number of nitrogens with zero attached hydrogens (tertiary/aromatic N) is 4. The van der Waals surface area contributed by atoms with E-state index in [2.05, 4.69) is 10.1 Å². The van der Waals surface area contributed by atoms with Crippen molar-refractivity contribution >= 4 is 28.4 Å². The molecule has 0 aliphatic rings. The average molecular weight is 302 g/mol. The zero-order chi connectivity index (χ0) is 14.8. The summed E-state index contributed by atoms with van der Waals surface area (Å²) in [6.45, 7) is 0.377. The second-order valence-corrected chi connectivity index (χ2v) is 5.56. The SMILES string of the molecule is COCc1nn2c(=O)cc(C=Cc3cccn3C)nc2s1. The van der Waals surface area contributed by atoms with E-state index in [0.717, 1.165) is 10.7 Å². The normalized spacial score (nSPS) is 11.7. The van der Waals surface area contributed by atoms with E-state index in [1.54, 1.807) is 7.11 Å². The average Bonchev–Trinajstić information content (AvgIpc) is 3.03. The van der Waals surface area contributed by atoms with Gasteiger partial charge in [-0.25, -0.2) is 4.98 Å². The number of ether oxygens (including phenoxy) is 1. The highest BCUT2D eigenvalue weighted by Crippen LogP contribution is 2.13. The number of hydrogen-bond acceptors (Lipinski definition) is 5. The highest BCUT2D eigenvalue weighted by molar-refractivity contribution is 7.16. The van der Waals surface area contributed by atoms with Gasteiger partial charge in [0.05, 0.1) is 12.3 Å². The maximum atomic E-state index is 12.0. The summed E-state index contributed by atoms with van der Waals surface area (Å²) < 4.78 is 8.32. The Labute approximate surface area is 124 Å². The van der Waals surface area contributed by atoms with Crippen LogP contribution >= 0.6 is 11.3 Å². The zero-order valence-corrected chi connectivity index (χ0v) is 12.5. The van der Waals surface area contributed by atoms with Crippen LogP contribution in [0.1, 0.15) is 16.4 Å². The third-order valence-electron chi connectivity index (χ3n) is 2.98. The molecule has 0 saturated heterocycles. The third kappa shape index (κ3) is 2.79. The van der Waals surface area contributed by atoms with E-state index in [9.17, 15) is 4.79 Å². The lowest BCUT2D eigenvalue weighted by atomic mass is 10.3. The molecule has 0 aliphatic heterocycles. The number of methoxy groups -OCH3 is 1. The van der Waals surface area contributed by atoms with Crippen molar-refractivity contribution in [2.75, 3.05) is 7.11 Å². The number of fused-ring (bicyclic) bond motifs is 1. The lowest BCUT2D eigenvalue weighted by molar-refractivity contribution is 0.183. The fraction of sp³-hybridized carbons (Fsp3) is 0.214. The summed E-state index contributed by atoms with van der Waals surface area (Å²) in [5, 5.41) is 4.90. The van der Waals surface area contributed by atoms with Crippen LogP contribution in [-0.4, -0.2) is 26.3 Å². The van der Waals surface area contributed by atoms with Gasteiger partial charge in [0.2, 0.25) is 4.96 Å². The van der Waals surface area contributed by atoms with Gasteiger partial charge >= 0.3 is 0 Å². The third-order valence-corrected chi connectivity index (χ3v) is 3.87. The Kier molecular flexibility index (Phi) is 3.68. The van der Waals surface area contributed by atoms with Crippen LogP contribution in [0.4, 0.5) is 0 Å². The van der Waals surface area contributed by atoms with E-state index >= 15 is 0 Å². The highest BCUT2D eigenvalue weighted by atomic mass is 32.1. The number of rotatable bonds is 4. The molecule has 108 valence electrons. The van der Waals surface area contributed by atoms with E-state index in [1.807, 2.05) is 42.1 Å². The van der Waals surface area contributed by atoms with Crippen molar-refractivity contribution in [3.05, 3.63) is 51.1 Å². The van der Waals surface area contributed by atoms with Crippen LogP contribution in [-0.2, 0) is 18.4 Å². The van der Waals surface area contributed by atoms with Gasteiger partial charge < -0.3 is 9.30 Å². The van der Waals surface area contributed by atoms with E-state index in [0.29, 0.717) is 17.3 Å². The Balaban J connectivity index is 1.98. The number of aromatic nitrogens is 4. The second kappa shape index (κ2) is 5.63. The number of hydrogen-bond donors (Lipinski definition) is 0.